The SMILES string of the molecule is Cc1sc2nc(CCNC(=O)c3cnc[nH]3)[nH]c(=O)c2c1C. The highest BCUT2D eigenvalue weighted by Gasteiger charge is 2.12. The van der Waals surface area contributed by atoms with E-state index in [2.05, 4.69) is 25.3 Å². The lowest BCUT2D eigenvalue weighted by Gasteiger charge is -2.03. The van der Waals surface area contributed by atoms with Gasteiger partial charge in [-0.05, 0) is 19.4 Å². The van der Waals surface area contributed by atoms with Crippen LogP contribution in [0, 0.1) is 13.8 Å². The molecule has 0 aromatic carbocycles. The van der Waals surface area contributed by atoms with E-state index in [-0.39, 0.29) is 11.5 Å². The number of fused-ring (bicyclic) bond motifs is 1. The highest BCUT2D eigenvalue weighted by atomic mass is 32.1. The fraction of sp³-hybridized carbons (Fsp3) is 0.286. The van der Waals surface area contributed by atoms with Gasteiger partial charge in [0.2, 0.25) is 0 Å². The van der Waals surface area contributed by atoms with Crippen LogP contribution in [0.25, 0.3) is 10.2 Å². The van der Waals surface area contributed by atoms with Gasteiger partial charge in [-0.3, -0.25) is 9.59 Å². The van der Waals surface area contributed by atoms with E-state index in [4.69, 9.17) is 0 Å². The number of nitrogens with zero attached hydrogens (tertiary/aromatic N) is 2. The topological polar surface area (TPSA) is 104 Å². The Morgan fingerprint density at radius 1 is 1.41 bits per heavy atom. The van der Waals surface area contributed by atoms with Crippen molar-refractivity contribution in [2.75, 3.05) is 6.54 Å². The number of H-pyrrole nitrogens is 2. The smallest absolute Gasteiger partial charge is 0.269 e. The van der Waals surface area contributed by atoms with Crippen molar-refractivity contribution >= 4 is 27.5 Å². The summed E-state index contributed by atoms with van der Waals surface area (Å²) in [5.74, 6) is 0.340. The van der Waals surface area contributed by atoms with E-state index >= 15 is 0 Å². The van der Waals surface area contributed by atoms with E-state index in [0.29, 0.717) is 29.9 Å². The summed E-state index contributed by atoms with van der Waals surface area (Å²) in [6, 6.07) is 0. The summed E-state index contributed by atoms with van der Waals surface area (Å²) in [5.41, 5.74) is 1.26. The lowest BCUT2D eigenvalue weighted by atomic mass is 10.2. The lowest BCUT2D eigenvalue weighted by Crippen LogP contribution is -2.27. The van der Waals surface area contributed by atoms with E-state index < -0.39 is 0 Å². The van der Waals surface area contributed by atoms with E-state index in [9.17, 15) is 9.59 Å². The first-order chi connectivity index (χ1) is 10.6. The molecule has 0 aliphatic heterocycles. The summed E-state index contributed by atoms with van der Waals surface area (Å²) >= 11 is 1.51. The van der Waals surface area contributed by atoms with Crippen molar-refractivity contribution in [1.82, 2.24) is 25.3 Å². The van der Waals surface area contributed by atoms with Crippen LogP contribution in [-0.4, -0.2) is 32.4 Å². The Labute approximate surface area is 129 Å². The van der Waals surface area contributed by atoms with Crippen molar-refractivity contribution in [3.05, 3.63) is 44.8 Å². The van der Waals surface area contributed by atoms with Crippen molar-refractivity contribution in [1.29, 1.82) is 0 Å². The third kappa shape index (κ3) is 2.64. The number of hydrogen-bond acceptors (Lipinski definition) is 5. The number of hydrogen-bond donors (Lipinski definition) is 3. The molecule has 3 aromatic heterocycles. The van der Waals surface area contributed by atoms with Gasteiger partial charge in [0.15, 0.2) is 0 Å². The zero-order valence-corrected chi connectivity index (χ0v) is 13.0. The summed E-state index contributed by atoms with van der Waals surface area (Å²) in [6.07, 6.45) is 3.36. The van der Waals surface area contributed by atoms with Gasteiger partial charge in [-0.1, -0.05) is 0 Å². The Bertz CT molecular complexity index is 879. The molecule has 114 valence electrons. The van der Waals surface area contributed by atoms with Gasteiger partial charge in [0.05, 0.1) is 17.9 Å². The molecule has 0 unspecified atom stereocenters. The second-order valence-electron chi connectivity index (χ2n) is 4.95. The van der Waals surface area contributed by atoms with Crippen LogP contribution in [0.3, 0.4) is 0 Å². The Balaban J connectivity index is 1.72. The maximum atomic E-state index is 12.1. The second kappa shape index (κ2) is 5.72. The maximum absolute atomic E-state index is 12.1. The van der Waals surface area contributed by atoms with Gasteiger partial charge in [0.1, 0.15) is 16.3 Å². The number of carbonyl (C=O) groups excluding carboxylic acids is 1. The van der Waals surface area contributed by atoms with Gasteiger partial charge in [0.25, 0.3) is 11.5 Å². The first-order valence-corrected chi connectivity index (χ1v) is 7.63. The minimum Gasteiger partial charge on any atom is -0.350 e. The highest BCUT2D eigenvalue weighted by molar-refractivity contribution is 7.18. The van der Waals surface area contributed by atoms with Crippen molar-refractivity contribution in [2.45, 2.75) is 20.3 Å². The third-order valence-electron chi connectivity index (χ3n) is 3.48. The van der Waals surface area contributed by atoms with Crippen molar-refractivity contribution in [3.63, 3.8) is 0 Å². The Morgan fingerprint density at radius 2 is 2.23 bits per heavy atom. The average Bonchev–Trinajstić information content (AvgIpc) is 3.08. The number of aromatic nitrogens is 4. The van der Waals surface area contributed by atoms with Crippen LogP contribution in [0.1, 0.15) is 26.8 Å². The van der Waals surface area contributed by atoms with Gasteiger partial charge >= 0.3 is 0 Å². The van der Waals surface area contributed by atoms with Crippen molar-refractivity contribution in [2.24, 2.45) is 0 Å². The number of amides is 1. The highest BCUT2D eigenvalue weighted by Crippen LogP contribution is 2.25. The quantitative estimate of drug-likeness (QED) is 0.674. The molecule has 22 heavy (non-hydrogen) atoms. The number of aromatic amines is 2. The average molecular weight is 317 g/mol. The number of nitrogens with one attached hydrogen (secondary N) is 3. The van der Waals surface area contributed by atoms with Crippen LogP contribution in [-0.2, 0) is 6.42 Å². The summed E-state index contributed by atoms with van der Waals surface area (Å²) in [7, 11) is 0. The molecule has 0 saturated carbocycles. The van der Waals surface area contributed by atoms with Crippen LogP contribution in [0.2, 0.25) is 0 Å². The summed E-state index contributed by atoms with van der Waals surface area (Å²) in [5, 5.41) is 3.41. The van der Waals surface area contributed by atoms with Crippen molar-refractivity contribution < 1.29 is 4.79 Å². The fourth-order valence-corrected chi connectivity index (χ4v) is 3.24. The van der Waals surface area contributed by atoms with E-state index in [0.717, 1.165) is 15.3 Å². The zero-order chi connectivity index (χ0) is 15.7. The minimum atomic E-state index is -0.233. The summed E-state index contributed by atoms with van der Waals surface area (Å²) in [6.45, 7) is 4.29. The summed E-state index contributed by atoms with van der Waals surface area (Å²) < 4.78 is 0. The number of rotatable bonds is 4. The standard InChI is InChI=1S/C14H15N5O2S/c1-7-8(2)22-14-11(7)13(21)18-10(19-14)3-4-16-12(20)9-5-15-6-17-9/h5-6H,3-4H2,1-2H3,(H,15,17)(H,16,20)(H,18,19,21). The molecule has 3 heterocycles. The third-order valence-corrected chi connectivity index (χ3v) is 4.58. The Hall–Kier alpha value is -2.48. The molecule has 0 saturated heterocycles. The van der Waals surface area contributed by atoms with Crippen LogP contribution >= 0.6 is 11.3 Å². The molecule has 0 aliphatic carbocycles. The summed E-state index contributed by atoms with van der Waals surface area (Å²) in [4.78, 5) is 39.5. The van der Waals surface area contributed by atoms with Gasteiger partial charge < -0.3 is 15.3 Å². The predicted octanol–water partition coefficient (Wildman–Crippen LogP) is 1.30. The molecule has 1 amide bonds. The molecular weight excluding hydrogens is 302 g/mol. The van der Waals surface area contributed by atoms with Crippen LogP contribution < -0.4 is 10.9 Å². The van der Waals surface area contributed by atoms with Gasteiger partial charge in [0, 0.05) is 17.8 Å². The normalized spacial score (nSPS) is 11.0. The maximum Gasteiger partial charge on any atom is 0.269 e. The second-order valence-corrected chi connectivity index (χ2v) is 6.15. The van der Waals surface area contributed by atoms with Gasteiger partial charge in [-0.25, -0.2) is 9.97 Å². The zero-order valence-electron chi connectivity index (χ0n) is 12.2. The van der Waals surface area contributed by atoms with Crippen molar-refractivity contribution in [3.8, 4) is 0 Å². The monoisotopic (exact) mass is 317 g/mol. The van der Waals surface area contributed by atoms with E-state index in [1.807, 2.05) is 13.8 Å². The Kier molecular flexibility index (Phi) is 3.76. The molecule has 0 atom stereocenters. The number of imidazole rings is 1. The largest absolute Gasteiger partial charge is 0.350 e. The number of carbonyl (C=O) groups is 1. The molecule has 3 aromatic rings. The molecule has 0 fully saturated rings. The molecule has 0 radical (unpaired) electrons. The van der Waals surface area contributed by atoms with E-state index in [1.54, 1.807) is 0 Å². The van der Waals surface area contributed by atoms with Crippen LogP contribution in [0.15, 0.2) is 17.3 Å². The van der Waals surface area contributed by atoms with Gasteiger partial charge in [-0.2, -0.15) is 0 Å². The molecule has 8 heteroatoms. The molecule has 3 N–H and O–H groups in total. The lowest BCUT2D eigenvalue weighted by molar-refractivity contribution is 0.0949. The molecular formula is C14H15N5O2S. The van der Waals surface area contributed by atoms with E-state index in [1.165, 1.54) is 23.9 Å². The Morgan fingerprint density at radius 3 is 2.95 bits per heavy atom. The van der Waals surface area contributed by atoms with Crippen LogP contribution in [0.5, 0.6) is 0 Å². The molecule has 3 rings (SSSR count). The molecule has 0 spiro atoms. The first kappa shape index (κ1) is 14.5. The molecule has 0 bridgehead atoms. The van der Waals surface area contributed by atoms with Gasteiger partial charge in [-0.15, -0.1) is 11.3 Å². The first-order valence-electron chi connectivity index (χ1n) is 6.81. The number of aryl methyl sites for hydroxylation is 2. The predicted molar refractivity (Wildman–Crippen MR) is 84.3 cm³/mol. The minimum absolute atomic E-state index is 0.123. The molecule has 0 aliphatic rings. The fourth-order valence-electron chi connectivity index (χ4n) is 2.19. The number of thiophene rings is 1. The van der Waals surface area contributed by atoms with Crippen LogP contribution in [0.4, 0.5) is 0 Å². The molecule has 7 nitrogen and oxygen atoms in total.